The largest absolute Gasteiger partial charge is 0.329 e. The first-order valence-corrected chi connectivity index (χ1v) is 8.19. The SMILES string of the molecule is CCC1CCCC(CN)(N2CCC(CC)C2)CC1. The molecule has 0 aromatic heterocycles. The maximum Gasteiger partial charge on any atom is 0.0331 e. The summed E-state index contributed by atoms with van der Waals surface area (Å²) in [6, 6.07) is 0. The molecule has 1 aliphatic carbocycles. The Morgan fingerprint density at radius 3 is 2.44 bits per heavy atom. The molecule has 1 saturated carbocycles. The highest BCUT2D eigenvalue weighted by Gasteiger charge is 2.40. The Morgan fingerprint density at radius 2 is 1.83 bits per heavy atom. The average Bonchev–Trinajstić information content (AvgIpc) is 2.79. The minimum absolute atomic E-state index is 0.355. The molecule has 0 bridgehead atoms. The number of rotatable bonds is 4. The molecule has 0 aromatic rings. The van der Waals surface area contributed by atoms with Crippen LogP contribution < -0.4 is 5.73 Å². The van der Waals surface area contributed by atoms with Crippen LogP contribution in [0.25, 0.3) is 0 Å². The first kappa shape index (κ1) is 14.3. The summed E-state index contributed by atoms with van der Waals surface area (Å²) >= 11 is 0. The Balaban J connectivity index is 2.01. The van der Waals surface area contributed by atoms with Gasteiger partial charge in [0.15, 0.2) is 0 Å². The molecule has 2 nitrogen and oxygen atoms in total. The molecule has 1 aliphatic heterocycles. The van der Waals surface area contributed by atoms with Crippen molar-refractivity contribution in [3.05, 3.63) is 0 Å². The standard InChI is InChI=1S/C16H32N2/c1-3-14-6-5-9-16(13-17,10-7-14)18-11-8-15(4-2)12-18/h14-15H,3-13,17H2,1-2H3. The highest BCUT2D eigenvalue weighted by Crippen LogP contribution is 2.38. The Kier molecular flexibility index (Phi) is 5.08. The average molecular weight is 252 g/mol. The summed E-state index contributed by atoms with van der Waals surface area (Å²) in [5.74, 6) is 1.89. The Labute approximate surface area is 113 Å². The lowest BCUT2D eigenvalue weighted by atomic mass is 9.87. The summed E-state index contributed by atoms with van der Waals surface area (Å²) in [6.45, 7) is 8.17. The molecular weight excluding hydrogens is 220 g/mol. The van der Waals surface area contributed by atoms with Gasteiger partial charge in [0.1, 0.15) is 0 Å². The third-order valence-electron chi connectivity index (χ3n) is 5.76. The van der Waals surface area contributed by atoms with Gasteiger partial charge in [-0.1, -0.05) is 39.5 Å². The maximum atomic E-state index is 6.22. The lowest BCUT2D eigenvalue weighted by molar-refractivity contribution is 0.0993. The van der Waals surface area contributed by atoms with E-state index in [1.54, 1.807) is 0 Å². The van der Waals surface area contributed by atoms with E-state index < -0.39 is 0 Å². The maximum absolute atomic E-state index is 6.22. The number of hydrogen-bond acceptors (Lipinski definition) is 2. The fraction of sp³-hybridized carbons (Fsp3) is 1.00. The molecule has 3 atom stereocenters. The smallest absolute Gasteiger partial charge is 0.0331 e. The van der Waals surface area contributed by atoms with Crippen LogP contribution in [-0.4, -0.2) is 30.1 Å². The highest BCUT2D eigenvalue weighted by molar-refractivity contribution is 4.97. The van der Waals surface area contributed by atoms with Crippen LogP contribution in [0.4, 0.5) is 0 Å². The number of nitrogens with two attached hydrogens (primary N) is 1. The van der Waals surface area contributed by atoms with E-state index in [-0.39, 0.29) is 0 Å². The minimum Gasteiger partial charge on any atom is -0.329 e. The van der Waals surface area contributed by atoms with E-state index in [0.29, 0.717) is 5.54 Å². The van der Waals surface area contributed by atoms with Gasteiger partial charge in [-0.05, 0) is 44.1 Å². The van der Waals surface area contributed by atoms with Crippen LogP contribution >= 0.6 is 0 Å². The Morgan fingerprint density at radius 1 is 1.06 bits per heavy atom. The Hall–Kier alpha value is -0.0800. The molecule has 2 aliphatic rings. The van der Waals surface area contributed by atoms with Crippen molar-refractivity contribution in [3.63, 3.8) is 0 Å². The summed E-state index contributed by atoms with van der Waals surface area (Å²) in [7, 11) is 0. The van der Waals surface area contributed by atoms with Crippen LogP contribution in [-0.2, 0) is 0 Å². The fourth-order valence-corrected chi connectivity index (χ4v) is 4.12. The van der Waals surface area contributed by atoms with E-state index in [1.807, 2.05) is 0 Å². The van der Waals surface area contributed by atoms with Crippen LogP contribution in [0.2, 0.25) is 0 Å². The van der Waals surface area contributed by atoms with Gasteiger partial charge in [-0.25, -0.2) is 0 Å². The van der Waals surface area contributed by atoms with Gasteiger partial charge in [-0.3, -0.25) is 4.90 Å². The number of nitrogens with zero attached hydrogens (tertiary/aromatic N) is 1. The van der Waals surface area contributed by atoms with Crippen LogP contribution in [0.5, 0.6) is 0 Å². The molecule has 0 spiro atoms. The summed E-state index contributed by atoms with van der Waals surface area (Å²) in [4.78, 5) is 2.76. The third kappa shape index (κ3) is 2.91. The third-order valence-corrected chi connectivity index (χ3v) is 5.76. The molecule has 2 fully saturated rings. The van der Waals surface area contributed by atoms with Gasteiger partial charge in [0.05, 0.1) is 0 Å². The predicted molar refractivity (Wildman–Crippen MR) is 78.6 cm³/mol. The van der Waals surface area contributed by atoms with Crippen molar-refractivity contribution in [2.24, 2.45) is 17.6 Å². The van der Waals surface area contributed by atoms with Crippen LogP contribution in [0.1, 0.15) is 65.2 Å². The molecule has 0 radical (unpaired) electrons. The predicted octanol–water partition coefficient (Wildman–Crippen LogP) is 3.41. The molecule has 18 heavy (non-hydrogen) atoms. The second-order valence-corrected chi connectivity index (χ2v) is 6.64. The summed E-state index contributed by atoms with van der Waals surface area (Å²) < 4.78 is 0. The van der Waals surface area contributed by atoms with E-state index in [0.717, 1.165) is 18.4 Å². The normalized spacial score (nSPS) is 38.8. The van der Waals surface area contributed by atoms with Gasteiger partial charge in [0, 0.05) is 18.6 Å². The van der Waals surface area contributed by atoms with Crippen LogP contribution in [0, 0.1) is 11.8 Å². The lowest BCUT2D eigenvalue weighted by Crippen LogP contribution is -2.52. The molecule has 0 aromatic carbocycles. The molecule has 0 amide bonds. The fourth-order valence-electron chi connectivity index (χ4n) is 4.12. The first-order valence-electron chi connectivity index (χ1n) is 8.19. The van der Waals surface area contributed by atoms with Gasteiger partial charge in [0.2, 0.25) is 0 Å². The minimum atomic E-state index is 0.355. The monoisotopic (exact) mass is 252 g/mol. The second-order valence-electron chi connectivity index (χ2n) is 6.64. The van der Waals surface area contributed by atoms with Crippen molar-refractivity contribution in [1.29, 1.82) is 0 Å². The van der Waals surface area contributed by atoms with E-state index in [4.69, 9.17) is 5.73 Å². The van der Waals surface area contributed by atoms with Crippen molar-refractivity contribution in [2.75, 3.05) is 19.6 Å². The number of hydrogen-bond donors (Lipinski definition) is 1. The van der Waals surface area contributed by atoms with Crippen molar-refractivity contribution in [1.82, 2.24) is 4.90 Å². The van der Waals surface area contributed by atoms with Crippen molar-refractivity contribution in [3.8, 4) is 0 Å². The Bertz CT molecular complexity index is 253. The van der Waals surface area contributed by atoms with Gasteiger partial charge >= 0.3 is 0 Å². The van der Waals surface area contributed by atoms with Crippen LogP contribution in [0.3, 0.4) is 0 Å². The lowest BCUT2D eigenvalue weighted by Gasteiger charge is -2.41. The molecule has 1 saturated heterocycles. The van der Waals surface area contributed by atoms with E-state index >= 15 is 0 Å². The molecular formula is C16H32N2. The summed E-state index contributed by atoms with van der Waals surface area (Å²) in [6.07, 6.45) is 11.0. The van der Waals surface area contributed by atoms with Crippen molar-refractivity contribution in [2.45, 2.75) is 70.8 Å². The highest BCUT2D eigenvalue weighted by atomic mass is 15.2. The summed E-state index contributed by atoms with van der Waals surface area (Å²) in [5, 5.41) is 0. The van der Waals surface area contributed by atoms with Crippen molar-refractivity contribution >= 4 is 0 Å². The van der Waals surface area contributed by atoms with Gasteiger partial charge in [-0.15, -0.1) is 0 Å². The number of likely N-dealkylation sites (tertiary alicyclic amines) is 1. The molecule has 2 heteroatoms. The summed E-state index contributed by atoms with van der Waals surface area (Å²) in [5.41, 5.74) is 6.57. The second kappa shape index (κ2) is 6.38. The zero-order chi connectivity index (χ0) is 13.0. The quantitative estimate of drug-likeness (QED) is 0.777. The van der Waals surface area contributed by atoms with Gasteiger partial charge in [-0.2, -0.15) is 0 Å². The molecule has 2 rings (SSSR count). The first-order chi connectivity index (χ1) is 8.74. The molecule has 3 unspecified atom stereocenters. The molecule has 1 heterocycles. The van der Waals surface area contributed by atoms with Gasteiger partial charge < -0.3 is 5.73 Å². The van der Waals surface area contributed by atoms with E-state index in [2.05, 4.69) is 18.7 Å². The van der Waals surface area contributed by atoms with Gasteiger partial charge in [0.25, 0.3) is 0 Å². The topological polar surface area (TPSA) is 29.3 Å². The van der Waals surface area contributed by atoms with Crippen molar-refractivity contribution < 1.29 is 0 Å². The molecule has 106 valence electrons. The molecule has 2 N–H and O–H groups in total. The zero-order valence-corrected chi connectivity index (χ0v) is 12.5. The van der Waals surface area contributed by atoms with Crippen LogP contribution in [0.15, 0.2) is 0 Å². The zero-order valence-electron chi connectivity index (χ0n) is 12.5. The van der Waals surface area contributed by atoms with E-state index in [1.165, 1.54) is 64.5 Å². The van der Waals surface area contributed by atoms with E-state index in [9.17, 15) is 0 Å².